The Bertz CT molecular complexity index is 587. The highest BCUT2D eigenvalue weighted by Gasteiger charge is 2.10. The zero-order valence-corrected chi connectivity index (χ0v) is 11.9. The van der Waals surface area contributed by atoms with Crippen LogP contribution in [0.2, 0.25) is 0 Å². The summed E-state index contributed by atoms with van der Waals surface area (Å²) >= 11 is 2.00. The van der Waals surface area contributed by atoms with E-state index in [9.17, 15) is 4.79 Å². The van der Waals surface area contributed by atoms with Crippen molar-refractivity contribution in [2.75, 3.05) is 0 Å². The highest BCUT2D eigenvalue weighted by atomic mass is 127. The number of nitrogens with one attached hydrogen (secondary N) is 1. The molecule has 0 aliphatic heterocycles. The van der Waals surface area contributed by atoms with E-state index in [1.165, 1.54) is 0 Å². The lowest BCUT2D eigenvalue weighted by Gasteiger charge is -2.06. The minimum Gasteiger partial charge on any atom is -0.328 e. The number of rotatable bonds is 3. The van der Waals surface area contributed by atoms with Gasteiger partial charge in [-0.1, -0.05) is 6.92 Å². The maximum absolute atomic E-state index is 11.7. The molecule has 0 atom stereocenters. The molecule has 0 aromatic carbocycles. The monoisotopic (exact) mass is 344 g/mol. The zero-order valence-electron chi connectivity index (χ0n) is 9.70. The maximum Gasteiger partial charge on any atom is 0.264 e. The number of nitrogens with zero attached hydrogens (tertiary/aromatic N) is 3. The van der Waals surface area contributed by atoms with Crippen LogP contribution in [0.1, 0.15) is 19.0 Å². The molecule has 1 N–H and O–H groups in total. The summed E-state index contributed by atoms with van der Waals surface area (Å²) in [5, 5.41) is 0. The van der Waals surface area contributed by atoms with Crippen molar-refractivity contribution in [3.05, 3.63) is 32.1 Å². The Kier molecular flexibility index (Phi) is 3.60. The van der Waals surface area contributed by atoms with Crippen LogP contribution >= 0.6 is 22.6 Å². The number of halogens is 1. The summed E-state index contributed by atoms with van der Waals surface area (Å²) in [6, 6.07) is 0. The topological polar surface area (TPSA) is 63.6 Å². The summed E-state index contributed by atoms with van der Waals surface area (Å²) in [7, 11) is 0. The molecule has 0 aliphatic rings. The third-order valence-electron chi connectivity index (χ3n) is 2.45. The van der Waals surface area contributed by atoms with E-state index in [4.69, 9.17) is 0 Å². The van der Waals surface area contributed by atoms with E-state index < -0.39 is 0 Å². The van der Waals surface area contributed by atoms with E-state index in [1.807, 2.05) is 34.1 Å². The molecule has 0 fully saturated rings. The van der Waals surface area contributed by atoms with E-state index >= 15 is 0 Å². The summed E-state index contributed by atoms with van der Waals surface area (Å²) in [5.41, 5.74) is 1.49. The van der Waals surface area contributed by atoms with E-state index in [-0.39, 0.29) is 5.56 Å². The van der Waals surface area contributed by atoms with Crippen molar-refractivity contribution in [3.63, 3.8) is 0 Å². The summed E-state index contributed by atoms with van der Waals surface area (Å²) in [6.07, 6.45) is 4.49. The normalized spacial score (nSPS) is 10.8. The van der Waals surface area contributed by atoms with Crippen LogP contribution in [0.25, 0.3) is 11.5 Å². The Morgan fingerprint density at radius 3 is 2.94 bits per heavy atom. The van der Waals surface area contributed by atoms with E-state index in [1.54, 1.807) is 12.5 Å². The van der Waals surface area contributed by atoms with Gasteiger partial charge in [-0.05, 0) is 35.9 Å². The lowest BCUT2D eigenvalue weighted by Crippen LogP contribution is -2.15. The van der Waals surface area contributed by atoms with Crippen molar-refractivity contribution < 1.29 is 0 Å². The van der Waals surface area contributed by atoms with Crippen LogP contribution in [-0.2, 0) is 6.54 Å². The number of aryl methyl sites for hydroxylation is 2. The van der Waals surface area contributed by atoms with Crippen molar-refractivity contribution >= 4 is 22.6 Å². The van der Waals surface area contributed by atoms with Gasteiger partial charge in [0, 0.05) is 6.54 Å². The van der Waals surface area contributed by atoms with Crippen LogP contribution in [0, 0.1) is 10.5 Å². The molecule has 0 bridgehead atoms. The lowest BCUT2D eigenvalue weighted by molar-refractivity contribution is 0.680. The maximum atomic E-state index is 11.7. The van der Waals surface area contributed by atoms with Crippen LogP contribution in [0.3, 0.4) is 0 Å². The Labute approximate surface area is 112 Å². The first-order valence-corrected chi connectivity index (χ1v) is 6.48. The van der Waals surface area contributed by atoms with Gasteiger partial charge in [0.05, 0.1) is 21.8 Å². The standard InChI is InChI=1S/C11H13IN4O/c1-3-4-16-6-13-5-8(16)10-14-7(2)9(12)11(17)15-10/h5-6H,3-4H2,1-2H3,(H,14,15,17). The van der Waals surface area contributed by atoms with Gasteiger partial charge in [0.1, 0.15) is 5.69 Å². The predicted molar refractivity (Wildman–Crippen MR) is 73.8 cm³/mol. The van der Waals surface area contributed by atoms with Gasteiger partial charge in [0.2, 0.25) is 0 Å². The fourth-order valence-corrected chi connectivity index (χ4v) is 1.89. The Balaban J connectivity index is 2.53. The van der Waals surface area contributed by atoms with Crippen LogP contribution in [0.15, 0.2) is 17.3 Å². The fourth-order valence-electron chi connectivity index (χ4n) is 1.63. The van der Waals surface area contributed by atoms with Gasteiger partial charge in [0.15, 0.2) is 5.82 Å². The summed E-state index contributed by atoms with van der Waals surface area (Å²) in [4.78, 5) is 23.0. The number of hydrogen-bond donors (Lipinski definition) is 1. The molecule has 2 rings (SSSR count). The number of imidazole rings is 1. The fraction of sp³-hybridized carbons (Fsp3) is 0.364. The second-order valence-electron chi connectivity index (χ2n) is 3.79. The van der Waals surface area contributed by atoms with Crippen LogP contribution in [0.5, 0.6) is 0 Å². The molecule has 0 spiro atoms. The number of aromatic amines is 1. The Hall–Kier alpha value is -1.18. The average Bonchev–Trinajstić information content (AvgIpc) is 2.74. The molecule has 2 aromatic heterocycles. The largest absolute Gasteiger partial charge is 0.328 e. The number of aromatic nitrogens is 4. The molecule has 0 unspecified atom stereocenters. The van der Waals surface area contributed by atoms with Gasteiger partial charge in [-0.25, -0.2) is 9.97 Å². The van der Waals surface area contributed by atoms with Crippen LogP contribution < -0.4 is 5.56 Å². The Morgan fingerprint density at radius 1 is 1.53 bits per heavy atom. The first kappa shape index (κ1) is 12.3. The highest BCUT2D eigenvalue weighted by molar-refractivity contribution is 14.1. The molecule has 2 heterocycles. The number of hydrogen-bond acceptors (Lipinski definition) is 3. The Morgan fingerprint density at radius 2 is 2.29 bits per heavy atom. The van der Waals surface area contributed by atoms with Gasteiger partial charge < -0.3 is 9.55 Å². The number of H-pyrrole nitrogens is 1. The summed E-state index contributed by atoms with van der Waals surface area (Å²) in [5.74, 6) is 0.582. The summed E-state index contributed by atoms with van der Waals surface area (Å²) in [6.45, 7) is 4.80. The molecule has 0 radical (unpaired) electrons. The van der Waals surface area contributed by atoms with Crippen molar-refractivity contribution in [2.45, 2.75) is 26.8 Å². The SMILES string of the molecule is CCCn1cncc1-c1nc(C)c(I)c(=O)[nH]1. The molecular weight excluding hydrogens is 331 g/mol. The quantitative estimate of drug-likeness (QED) is 0.866. The van der Waals surface area contributed by atoms with Gasteiger partial charge in [-0.15, -0.1) is 0 Å². The van der Waals surface area contributed by atoms with E-state index in [2.05, 4.69) is 21.9 Å². The molecule has 6 heteroatoms. The molecule has 0 amide bonds. The van der Waals surface area contributed by atoms with Gasteiger partial charge >= 0.3 is 0 Å². The minimum atomic E-state index is -0.0997. The second kappa shape index (κ2) is 4.99. The van der Waals surface area contributed by atoms with Gasteiger partial charge in [0.25, 0.3) is 5.56 Å². The predicted octanol–water partition coefficient (Wildman–Crippen LogP) is 1.96. The average molecular weight is 344 g/mol. The zero-order chi connectivity index (χ0) is 12.4. The molecule has 0 aliphatic carbocycles. The van der Waals surface area contributed by atoms with E-state index in [0.717, 1.165) is 24.4 Å². The molecule has 0 saturated carbocycles. The van der Waals surface area contributed by atoms with Crippen molar-refractivity contribution in [3.8, 4) is 11.5 Å². The third-order valence-corrected chi connectivity index (χ3v) is 3.72. The minimum absolute atomic E-state index is 0.0997. The van der Waals surface area contributed by atoms with E-state index in [0.29, 0.717) is 9.39 Å². The molecular formula is C11H13IN4O. The van der Waals surface area contributed by atoms with Crippen LogP contribution in [-0.4, -0.2) is 19.5 Å². The molecule has 5 nitrogen and oxygen atoms in total. The van der Waals surface area contributed by atoms with Gasteiger partial charge in [-0.2, -0.15) is 0 Å². The van der Waals surface area contributed by atoms with Crippen molar-refractivity contribution in [1.29, 1.82) is 0 Å². The summed E-state index contributed by atoms with van der Waals surface area (Å²) < 4.78 is 2.62. The van der Waals surface area contributed by atoms with Crippen LogP contribution in [0.4, 0.5) is 0 Å². The molecule has 0 saturated heterocycles. The molecule has 17 heavy (non-hydrogen) atoms. The first-order valence-electron chi connectivity index (χ1n) is 5.40. The molecule has 2 aromatic rings. The third kappa shape index (κ3) is 2.41. The molecule has 90 valence electrons. The first-order chi connectivity index (χ1) is 8.13. The lowest BCUT2D eigenvalue weighted by atomic mass is 10.3. The highest BCUT2D eigenvalue weighted by Crippen LogP contribution is 2.15. The van der Waals surface area contributed by atoms with Crippen molar-refractivity contribution in [1.82, 2.24) is 19.5 Å². The second-order valence-corrected chi connectivity index (χ2v) is 4.86. The smallest absolute Gasteiger partial charge is 0.264 e. The van der Waals surface area contributed by atoms with Crippen molar-refractivity contribution in [2.24, 2.45) is 0 Å². The van der Waals surface area contributed by atoms with Gasteiger partial charge in [-0.3, -0.25) is 4.79 Å².